The Morgan fingerprint density at radius 2 is 2.10 bits per heavy atom. The van der Waals surface area contributed by atoms with Crippen molar-refractivity contribution in [3.63, 3.8) is 0 Å². The average Bonchev–Trinajstić information content (AvgIpc) is 3.22. The second kappa shape index (κ2) is 9.42. The molecule has 9 heteroatoms. The summed E-state index contributed by atoms with van der Waals surface area (Å²) in [4.78, 5) is 41.5. The lowest BCUT2D eigenvalue weighted by atomic mass is 10.2. The number of carbonyl (C=O) groups excluding carboxylic acids is 1. The maximum absolute atomic E-state index is 12.8. The first-order valence-corrected chi connectivity index (χ1v) is 9.84. The monoisotopic (exact) mass is 401 g/mol. The molecule has 0 spiro atoms. The molecule has 1 aromatic heterocycles. The molecule has 0 radical (unpaired) electrons. The third-order valence-corrected chi connectivity index (χ3v) is 4.85. The number of nitrogens with two attached hydrogens (primary N) is 1. The molecular weight excluding hydrogens is 374 g/mol. The largest absolute Gasteiger partial charge is 0.383 e. The number of rotatable bonds is 7. The third kappa shape index (κ3) is 4.86. The van der Waals surface area contributed by atoms with Crippen molar-refractivity contribution >= 4 is 17.5 Å². The molecule has 3 rings (SSSR count). The van der Waals surface area contributed by atoms with E-state index in [9.17, 15) is 14.4 Å². The number of nitrogens with zero attached hydrogens (tertiary/aromatic N) is 2. The molecule has 4 N–H and O–H groups in total. The number of urea groups is 1. The van der Waals surface area contributed by atoms with Crippen LogP contribution in [0.5, 0.6) is 0 Å². The summed E-state index contributed by atoms with van der Waals surface area (Å²) in [7, 11) is 0. The number of hydrogen-bond acceptors (Lipinski definition) is 5. The summed E-state index contributed by atoms with van der Waals surface area (Å²) in [5.74, 6) is -0.0488. The lowest BCUT2D eigenvalue weighted by molar-refractivity contribution is 0.116. The molecular formula is C20H27N5O4. The van der Waals surface area contributed by atoms with Crippen LogP contribution in [0, 0.1) is 0 Å². The molecule has 0 aliphatic carbocycles. The van der Waals surface area contributed by atoms with E-state index in [-0.39, 0.29) is 30.7 Å². The normalized spacial score (nSPS) is 16.0. The van der Waals surface area contributed by atoms with Gasteiger partial charge in [0.1, 0.15) is 5.82 Å². The number of amides is 2. The molecule has 156 valence electrons. The first kappa shape index (κ1) is 20.7. The number of aromatic amines is 1. The van der Waals surface area contributed by atoms with Crippen LogP contribution in [0.25, 0.3) is 0 Å². The summed E-state index contributed by atoms with van der Waals surface area (Å²) >= 11 is 0. The Bertz CT molecular complexity index is 948. The zero-order chi connectivity index (χ0) is 20.8. The SMILES string of the molecule is CCCNC(=O)N(C[C@H]1CCCO1)c1c(N)n(Cc2ccccc2)c(=O)[nH]c1=O. The van der Waals surface area contributed by atoms with Gasteiger partial charge in [-0.3, -0.25) is 19.2 Å². The second-order valence-electron chi connectivity index (χ2n) is 7.04. The van der Waals surface area contributed by atoms with E-state index in [4.69, 9.17) is 10.5 Å². The highest BCUT2D eigenvalue weighted by atomic mass is 16.5. The third-order valence-electron chi connectivity index (χ3n) is 4.85. The Hall–Kier alpha value is -3.07. The molecule has 0 unspecified atom stereocenters. The topological polar surface area (TPSA) is 122 Å². The van der Waals surface area contributed by atoms with Crippen molar-refractivity contribution < 1.29 is 9.53 Å². The highest BCUT2D eigenvalue weighted by molar-refractivity contribution is 5.94. The van der Waals surface area contributed by atoms with Crippen LogP contribution in [-0.4, -0.2) is 41.4 Å². The van der Waals surface area contributed by atoms with E-state index in [1.807, 2.05) is 37.3 Å². The van der Waals surface area contributed by atoms with Crippen LogP contribution in [0.2, 0.25) is 0 Å². The fourth-order valence-electron chi connectivity index (χ4n) is 3.36. The van der Waals surface area contributed by atoms with Crippen LogP contribution in [0.15, 0.2) is 39.9 Å². The van der Waals surface area contributed by atoms with Crippen LogP contribution >= 0.6 is 0 Å². The van der Waals surface area contributed by atoms with Gasteiger partial charge >= 0.3 is 11.7 Å². The Balaban J connectivity index is 2.01. The first-order valence-electron chi connectivity index (χ1n) is 9.84. The number of anilines is 2. The van der Waals surface area contributed by atoms with Crippen molar-refractivity contribution in [3.8, 4) is 0 Å². The van der Waals surface area contributed by atoms with Crippen molar-refractivity contribution in [1.29, 1.82) is 0 Å². The predicted molar refractivity (Wildman–Crippen MR) is 111 cm³/mol. The van der Waals surface area contributed by atoms with Crippen molar-refractivity contribution in [2.75, 3.05) is 30.3 Å². The zero-order valence-electron chi connectivity index (χ0n) is 16.5. The number of hydrogen-bond donors (Lipinski definition) is 3. The van der Waals surface area contributed by atoms with E-state index >= 15 is 0 Å². The molecule has 29 heavy (non-hydrogen) atoms. The fraction of sp³-hybridized carbons (Fsp3) is 0.450. The molecule has 0 saturated carbocycles. The quantitative estimate of drug-likeness (QED) is 0.645. The maximum Gasteiger partial charge on any atom is 0.330 e. The van der Waals surface area contributed by atoms with Gasteiger partial charge in [-0.1, -0.05) is 37.3 Å². The summed E-state index contributed by atoms with van der Waals surface area (Å²) in [5.41, 5.74) is 5.75. The molecule has 1 aliphatic heterocycles. The number of aromatic nitrogens is 2. The van der Waals surface area contributed by atoms with Crippen LogP contribution in [-0.2, 0) is 11.3 Å². The summed E-state index contributed by atoms with van der Waals surface area (Å²) in [6, 6.07) is 8.85. The Labute approximate surface area is 168 Å². The minimum atomic E-state index is -0.693. The van der Waals surface area contributed by atoms with Crippen molar-refractivity contribution in [2.24, 2.45) is 0 Å². The van der Waals surface area contributed by atoms with Gasteiger partial charge in [-0.15, -0.1) is 0 Å². The smallest absolute Gasteiger partial charge is 0.330 e. The molecule has 1 aliphatic rings. The summed E-state index contributed by atoms with van der Waals surface area (Å²) in [6.45, 7) is 3.38. The van der Waals surface area contributed by atoms with Gasteiger partial charge in [0.2, 0.25) is 0 Å². The number of H-pyrrole nitrogens is 1. The Kier molecular flexibility index (Phi) is 6.71. The molecule has 1 fully saturated rings. The van der Waals surface area contributed by atoms with E-state index in [0.717, 1.165) is 24.8 Å². The Morgan fingerprint density at radius 1 is 1.34 bits per heavy atom. The van der Waals surface area contributed by atoms with Crippen LogP contribution in [0.1, 0.15) is 31.7 Å². The van der Waals surface area contributed by atoms with Gasteiger partial charge in [0.05, 0.1) is 19.2 Å². The molecule has 9 nitrogen and oxygen atoms in total. The van der Waals surface area contributed by atoms with Gasteiger partial charge in [-0.05, 0) is 24.8 Å². The molecule has 2 aromatic rings. The van der Waals surface area contributed by atoms with E-state index in [0.29, 0.717) is 13.2 Å². The highest BCUT2D eigenvalue weighted by Gasteiger charge is 2.28. The minimum absolute atomic E-state index is 0.0374. The summed E-state index contributed by atoms with van der Waals surface area (Å²) < 4.78 is 6.91. The average molecular weight is 401 g/mol. The van der Waals surface area contributed by atoms with E-state index < -0.39 is 17.3 Å². The van der Waals surface area contributed by atoms with Crippen molar-refractivity contribution in [2.45, 2.75) is 38.8 Å². The maximum atomic E-state index is 12.8. The number of nitrogen functional groups attached to an aromatic ring is 1. The van der Waals surface area contributed by atoms with Gasteiger partial charge in [-0.2, -0.15) is 0 Å². The number of benzene rings is 1. The van der Waals surface area contributed by atoms with Crippen molar-refractivity contribution in [1.82, 2.24) is 14.9 Å². The highest BCUT2D eigenvalue weighted by Crippen LogP contribution is 2.21. The van der Waals surface area contributed by atoms with Crippen LogP contribution in [0.3, 0.4) is 0 Å². The molecule has 1 aromatic carbocycles. The molecule has 1 atom stereocenters. The molecule has 2 heterocycles. The lowest BCUT2D eigenvalue weighted by Gasteiger charge is -2.27. The lowest BCUT2D eigenvalue weighted by Crippen LogP contribution is -2.48. The van der Waals surface area contributed by atoms with Crippen LogP contribution < -0.4 is 27.2 Å². The van der Waals surface area contributed by atoms with Crippen LogP contribution in [0.4, 0.5) is 16.3 Å². The summed E-state index contributed by atoms with van der Waals surface area (Å²) in [5, 5.41) is 2.78. The molecule has 1 saturated heterocycles. The van der Waals surface area contributed by atoms with Gasteiger partial charge in [0.25, 0.3) is 5.56 Å². The minimum Gasteiger partial charge on any atom is -0.383 e. The van der Waals surface area contributed by atoms with Crippen molar-refractivity contribution in [3.05, 3.63) is 56.7 Å². The predicted octanol–water partition coefficient (Wildman–Crippen LogP) is 1.27. The zero-order valence-corrected chi connectivity index (χ0v) is 16.5. The standard InChI is InChI=1S/C20H27N5O4/c1-2-10-22-19(27)24(13-15-9-6-11-29-15)16-17(21)25(20(28)23-18(16)26)12-14-7-4-3-5-8-14/h3-5,7-8,15H,2,6,9-13,21H2,1H3,(H,22,27)(H,23,26,28)/t15-/m1/s1. The van der Waals surface area contributed by atoms with E-state index in [1.54, 1.807) is 0 Å². The number of ether oxygens (including phenoxy) is 1. The fourth-order valence-corrected chi connectivity index (χ4v) is 3.36. The molecule has 2 amide bonds. The van der Waals surface area contributed by atoms with E-state index in [2.05, 4.69) is 10.3 Å². The molecule has 0 bridgehead atoms. The Morgan fingerprint density at radius 3 is 2.76 bits per heavy atom. The van der Waals surface area contributed by atoms with Gasteiger partial charge in [-0.25, -0.2) is 9.59 Å². The second-order valence-corrected chi connectivity index (χ2v) is 7.04. The summed E-state index contributed by atoms with van der Waals surface area (Å²) in [6.07, 6.45) is 2.25. The first-order chi connectivity index (χ1) is 14.0. The number of nitrogens with one attached hydrogen (secondary N) is 2. The van der Waals surface area contributed by atoms with Gasteiger partial charge in [0, 0.05) is 13.2 Å². The number of carbonyl (C=O) groups is 1. The van der Waals surface area contributed by atoms with Gasteiger partial charge in [0.15, 0.2) is 5.69 Å². The van der Waals surface area contributed by atoms with Gasteiger partial charge < -0.3 is 15.8 Å². The van der Waals surface area contributed by atoms with E-state index in [1.165, 1.54) is 9.47 Å².